The summed E-state index contributed by atoms with van der Waals surface area (Å²) in [6.07, 6.45) is 0. The van der Waals surface area contributed by atoms with Gasteiger partial charge in [-0.05, 0) is 50.2 Å². The van der Waals surface area contributed by atoms with E-state index in [0.717, 1.165) is 24.5 Å². The molecule has 112 valence electrons. The number of rotatable bonds is 5. The Labute approximate surface area is 126 Å². The molecule has 1 fully saturated rings. The average molecular weight is 299 g/mol. The summed E-state index contributed by atoms with van der Waals surface area (Å²) in [5, 5.41) is 3.22. The summed E-state index contributed by atoms with van der Waals surface area (Å²) >= 11 is 0. The third kappa shape index (κ3) is 3.44. The van der Waals surface area contributed by atoms with Crippen molar-refractivity contribution in [2.75, 3.05) is 31.6 Å². The lowest BCUT2D eigenvalue weighted by Crippen LogP contribution is -2.50. The second kappa shape index (κ2) is 7.50. The van der Waals surface area contributed by atoms with Crippen LogP contribution in [0.3, 0.4) is 0 Å². The summed E-state index contributed by atoms with van der Waals surface area (Å²) in [6.45, 7) is 6.63. The normalized spacial score (nSPS) is 15.8. The molecule has 1 aliphatic rings. The predicted molar refractivity (Wildman–Crippen MR) is 83.8 cm³/mol. The summed E-state index contributed by atoms with van der Waals surface area (Å²) in [5.74, 6) is 1.56. The van der Waals surface area contributed by atoms with Gasteiger partial charge in [-0.1, -0.05) is 6.92 Å². The van der Waals surface area contributed by atoms with Crippen LogP contribution in [0.5, 0.6) is 5.75 Å². The van der Waals surface area contributed by atoms with Gasteiger partial charge in [-0.3, -0.25) is 4.79 Å². The number of benzene rings is 1. The van der Waals surface area contributed by atoms with Crippen molar-refractivity contribution in [1.82, 2.24) is 5.32 Å². The molecule has 1 aromatic rings. The number of anilines is 1. The Morgan fingerprint density at radius 2 is 2.00 bits per heavy atom. The van der Waals surface area contributed by atoms with Crippen molar-refractivity contribution >= 4 is 24.0 Å². The molecule has 5 heteroatoms. The summed E-state index contributed by atoms with van der Waals surface area (Å²) < 4.78 is 5.14. The van der Waals surface area contributed by atoms with Crippen LogP contribution in [0.2, 0.25) is 0 Å². The highest BCUT2D eigenvalue weighted by Gasteiger charge is 2.31. The largest absolute Gasteiger partial charge is 0.497 e. The monoisotopic (exact) mass is 298 g/mol. The van der Waals surface area contributed by atoms with Crippen LogP contribution in [0.25, 0.3) is 0 Å². The summed E-state index contributed by atoms with van der Waals surface area (Å²) in [6, 6.07) is 7.65. The zero-order valence-electron chi connectivity index (χ0n) is 12.3. The van der Waals surface area contributed by atoms with Gasteiger partial charge in [0.05, 0.1) is 7.11 Å². The van der Waals surface area contributed by atoms with Gasteiger partial charge >= 0.3 is 0 Å². The van der Waals surface area contributed by atoms with Crippen molar-refractivity contribution in [3.8, 4) is 5.75 Å². The maximum atomic E-state index is 12.5. The molecule has 0 aliphatic carbocycles. The highest BCUT2D eigenvalue weighted by Crippen LogP contribution is 2.24. The topological polar surface area (TPSA) is 41.6 Å². The highest BCUT2D eigenvalue weighted by atomic mass is 35.5. The summed E-state index contributed by atoms with van der Waals surface area (Å²) in [5.41, 5.74) is 0.937. The molecule has 1 aromatic carbocycles. The third-order valence-corrected chi connectivity index (χ3v) is 3.88. The zero-order valence-corrected chi connectivity index (χ0v) is 13.1. The van der Waals surface area contributed by atoms with Crippen molar-refractivity contribution in [2.45, 2.75) is 13.8 Å². The SMILES string of the molecule is CCN(C(=O)C(C)C1CNC1)c1ccc(OC)cc1.Cl. The predicted octanol–water partition coefficient (Wildman–Crippen LogP) is 2.33. The van der Waals surface area contributed by atoms with Gasteiger partial charge in [0.25, 0.3) is 0 Å². The maximum absolute atomic E-state index is 12.5. The smallest absolute Gasteiger partial charge is 0.230 e. The van der Waals surface area contributed by atoms with E-state index in [1.54, 1.807) is 7.11 Å². The number of halogens is 1. The van der Waals surface area contributed by atoms with Crippen LogP contribution in [0.15, 0.2) is 24.3 Å². The summed E-state index contributed by atoms with van der Waals surface area (Å²) in [7, 11) is 1.64. The minimum atomic E-state index is 0. The summed E-state index contributed by atoms with van der Waals surface area (Å²) in [4.78, 5) is 14.4. The second-order valence-corrected chi connectivity index (χ2v) is 4.99. The van der Waals surface area contributed by atoms with Crippen molar-refractivity contribution < 1.29 is 9.53 Å². The lowest BCUT2D eigenvalue weighted by atomic mass is 9.88. The molecule has 1 heterocycles. The van der Waals surface area contributed by atoms with Crippen molar-refractivity contribution in [2.24, 2.45) is 11.8 Å². The first-order chi connectivity index (χ1) is 9.17. The molecule has 1 unspecified atom stereocenters. The molecule has 1 amide bonds. The minimum Gasteiger partial charge on any atom is -0.497 e. The van der Waals surface area contributed by atoms with Gasteiger partial charge in [-0.2, -0.15) is 0 Å². The van der Waals surface area contributed by atoms with E-state index in [-0.39, 0.29) is 24.2 Å². The van der Waals surface area contributed by atoms with Gasteiger partial charge in [0.2, 0.25) is 5.91 Å². The van der Waals surface area contributed by atoms with Crippen molar-refractivity contribution in [3.63, 3.8) is 0 Å². The molecular formula is C15H23ClN2O2. The first kappa shape index (κ1) is 16.8. The molecule has 2 rings (SSSR count). The zero-order chi connectivity index (χ0) is 13.8. The minimum absolute atomic E-state index is 0. The fraction of sp³-hybridized carbons (Fsp3) is 0.533. The Kier molecular flexibility index (Phi) is 6.30. The first-order valence-electron chi connectivity index (χ1n) is 6.83. The van der Waals surface area contributed by atoms with E-state index in [1.165, 1.54) is 0 Å². The van der Waals surface area contributed by atoms with E-state index < -0.39 is 0 Å². The third-order valence-electron chi connectivity index (χ3n) is 3.88. The number of methoxy groups -OCH3 is 1. The molecule has 1 saturated heterocycles. The molecule has 4 nitrogen and oxygen atoms in total. The number of ether oxygens (including phenoxy) is 1. The number of carbonyl (C=O) groups is 1. The van der Waals surface area contributed by atoms with Crippen molar-refractivity contribution in [3.05, 3.63) is 24.3 Å². The van der Waals surface area contributed by atoms with Gasteiger partial charge in [0.1, 0.15) is 5.75 Å². The van der Waals surface area contributed by atoms with E-state index in [0.29, 0.717) is 12.5 Å². The first-order valence-corrected chi connectivity index (χ1v) is 6.83. The molecular weight excluding hydrogens is 276 g/mol. The fourth-order valence-electron chi connectivity index (χ4n) is 2.34. The van der Waals surface area contributed by atoms with Crippen molar-refractivity contribution in [1.29, 1.82) is 0 Å². The Morgan fingerprint density at radius 1 is 1.40 bits per heavy atom. The molecule has 0 spiro atoms. The van der Waals surface area contributed by atoms with Gasteiger partial charge in [0, 0.05) is 18.2 Å². The lowest BCUT2D eigenvalue weighted by Gasteiger charge is -2.34. The van der Waals surface area contributed by atoms with Crippen LogP contribution in [-0.4, -0.2) is 32.7 Å². The molecule has 0 aromatic heterocycles. The van der Waals surface area contributed by atoms with Crippen LogP contribution >= 0.6 is 12.4 Å². The molecule has 20 heavy (non-hydrogen) atoms. The molecule has 1 atom stereocenters. The Morgan fingerprint density at radius 3 is 2.40 bits per heavy atom. The van der Waals surface area contributed by atoms with Crippen LogP contribution in [0.4, 0.5) is 5.69 Å². The molecule has 0 saturated carbocycles. The second-order valence-electron chi connectivity index (χ2n) is 4.99. The number of carbonyl (C=O) groups excluding carboxylic acids is 1. The number of nitrogens with zero attached hydrogens (tertiary/aromatic N) is 1. The van der Waals surface area contributed by atoms with Crippen LogP contribution in [0.1, 0.15) is 13.8 Å². The molecule has 1 aliphatic heterocycles. The highest BCUT2D eigenvalue weighted by molar-refractivity contribution is 5.95. The van der Waals surface area contributed by atoms with Gasteiger partial charge in [-0.25, -0.2) is 0 Å². The van der Waals surface area contributed by atoms with E-state index in [2.05, 4.69) is 5.32 Å². The maximum Gasteiger partial charge on any atom is 0.230 e. The van der Waals surface area contributed by atoms with Crippen LogP contribution in [-0.2, 0) is 4.79 Å². The van der Waals surface area contributed by atoms with Crippen LogP contribution in [0, 0.1) is 11.8 Å². The fourth-order valence-corrected chi connectivity index (χ4v) is 2.34. The average Bonchev–Trinajstić information content (AvgIpc) is 2.38. The van der Waals surface area contributed by atoms with E-state index in [1.807, 2.05) is 43.0 Å². The van der Waals surface area contributed by atoms with Gasteiger partial charge in [0.15, 0.2) is 0 Å². The molecule has 1 N–H and O–H groups in total. The Bertz CT molecular complexity index is 432. The Hall–Kier alpha value is -1.26. The number of nitrogens with one attached hydrogen (secondary N) is 1. The number of hydrogen-bond donors (Lipinski definition) is 1. The number of amides is 1. The number of hydrogen-bond acceptors (Lipinski definition) is 3. The Balaban J connectivity index is 0.00000200. The standard InChI is InChI=1S/C15H22N2O2.ClH/c1-4-17(13-5-7-14(19-3)8-6-13)15(18)11(2)12-9-16-10-12;/h5-8,11-12,16H,4,9-10H2,1-3H3;1H. The van der Waals surface area contributed by atoms with Crippen LogP contribution < -0.4 is 15.0 Å². The van der Waals surface area contributed by atoms with Gasteiger partial charge in [-0.15, -0.1) is 12.4 Å². The molecule has 0 bridgehead atoms. The quantitative estimate of drug-likeness (QED) is 0.907. The van der Waals surface area contributed by atoms with E-state index in [9.17, 15) is 4.79 Å². The van der Waals surface area contributed by atoms with E-state index >= 15 is 0 Å². The lowest BCUT2D eigenvalue weighted by molar-refractivity contribution is -0.124. The molecule has 0 radical (unpaired) electrons. The van der Waals surface area contributed by atoms with Gasteiger partial charge < -0.3 is 15.0 Å². The van der Waals surface area contributed by atoms with E-state index in [4.69, 9.17) is 4.74 Å².